The largest absolute Gasteiger partial charge is 0.368 e. The second-order valence-corrected chi connectivity index (χ2v) is 1.98. The highest BCUT2D eigenvalue weighted by atomic mass is 15.2. The molecule has 0 fully saturated rings. The van der Waals surface area contributed by atoms with E-state index in [2.05, 4.69) is 20.2 Å². The van der Waals surface area contributed by atoms with E-state index in [0.29, 0.717) is 12.4 Å². The molecule has 5 nitrogen and oxygen atoms in total. The van der Waals surface area contributed by atoms with Crippen molar-refractivity contribution in [1.82, 2.24) is 9.97 Å². The van der Waals surface area contributed by atoms with Gasteiger partial charge in [-0.1, -0.05) is 0 Å². The van der Waals surface area contributed by atoms with Crippen LogP contribution >= 0.6 is 0 Å². The van der Waals surface area contributed by atoms with Crippen LogP contribution in [0.5, 0.6) is 0 Å². The van der Waals surface area contributed by atoms with E-state index < -0.39 is 0 Å². The van der Waals surface area contributed by atoms with Crippen molar-refractivity contribution >= 4 is 11.8 Å². The van der Waals surface area contributed by atoms with Gasteiger partial charge in [-0.15, -0.1) is 5.11 Å². The Morgan fingerprint density at radius 3 is 3.30 bits per heavy atom. The lowest BCUT2D eigenvalue weighted by Crippen LogP contribution is -1.94. The summed E-state index contributed by atoms with van der Waals surface area (Å²) in [7, 11) is 0. The molecular formula is C5H5N5. The van der Waals surface area contributed by atoms with E-state index in [0.717, 1.165) is 5.56 Å². The molecule has 0 saturated heterocycles. The molecule has 0 bridgehead atoms. The first-order valence-corrected chi connectivity index (χ1v) is 2.85. The number of nitrogens with two attached hydrogens (primary N) is 1. The number of azo groups is 1. The number of nitrogens with zero attached hydrogens (tertiary/aromatic N) is 4. The predicted molar refractivity (Wildman–Crippen MR) is 34.7 cm³/mol. The predicted octanol–water partition coefficient (Wildman–Crippen LogP) is 0.656. The van der Waals surface area contributed by atoms with Gasteiger partial charge in [0.25, 0.3) is 0 Å². The summed E-state index contributed by atoms with van der Waals surface area (Å²) in [5.74, 6) is 0.854. The summed E-state index contributed by atoms with van der Waals surface area (Å²) in [6, 6.07) is 0. The fraction of sp³-hybridized carbons (Fsp3) is 0.200. The lowest BCUT2D eigenvalue weighted by atomic mass is 10.3. The lowest BCUT2D eigenvalue weighted by molar-refractivity contribution is 1.03. The molecule has 0 amide bonds. The molecule has 2 heterocycles. The van der Waals surface area contributed by atoms with Gasteiger partial charge in [0.1, 0.15) is 0 Å². The zero-order valence-electron chi connectivity index (χ0n) is 5.15. The topological polar surface area (TPSA) is 76.5 Å². The maximum Gasteiger partial charge on any atom is 0.222 e. The first kappa shape index (κ1) is 5.28. The highest BCUT2D eigenvalue weighted by molar-refractivity contribution is 5.41. The molecular weight excluding hydrogens is 130 g/mol. The molecule has 0 spiro atoms. The van der Waals surface area contributed by atoms with Crippen molar-refractivity contribution in [3.05, 3.63) is 11.8 Å². The molecule has 2 N–H and O–H groups in total. The summed E-state index contributed by atoms with van der Waals surface area (Å²) in [5, 5.41) is 7.51. The van der Waals surface area contributed by atoms with Crippen LogP contribution in [-0.2, 0) is 6.54 Å². The normalized spacial score (nSPS) is 13.6. The summed E-state index contributed by atoms with van der Waals surface area (Å²) >= 11 is 0. The van der Waals surface area contributed by atoms with Crippen LogP contribution < -0.4 is 5.73 Å². The summed E-state index contributed by atoms with van der Waals surface area (Å²) < 4.78 is 0. The second kappa shape index (κ2) is 1.73. The van der Waals surface area contributed by atoms with Crippen molar-refractivity contribution in [1.29, 1.82) is 0 Å². The van der Waals surface area contributed by atoms with Crippen molar-refractivity contribution in [2.75, 3.05) is 5.73 Å². The fourth-order valence-corrected chi connectivity index (χ4v) is 0.788. The first-order chi connectivity index (χ1) is 4.86. The van der Waals surface area contributed by atoms with Gasteiger partial charge in [0.05, 0.1) is 6.54 Å². The smallest absolute Gasteiger partial charge is 0.222 e. The van der Waals surface area contributed by atoms with Crippen LogP contribution in [0.2, 0.25) is 0 Å². The van der Waals surface area contributed by atoms with Gasteiger partial charge in [-0.05, 0) is 0 Å². The highest BCUT2D eigenvalue weighted by Gasteiger charge is 2.08. The number of fused-ring (bicyclic) bond motifs is 1. The van der Waals surface area contributed by atoms with E-state index in [1.54, 1.807) is 6.20 Å². The minimum Gasteiger partial charge on any atom is -0.368 e. The van der Waals surface area contributed by atoms with E-state index in [1.165, 1.54) is 0 Å². The van der Waals surface area contributed by atoms with Crippen molar-refractivity contribution in [3.63, 3.8) is 0 Å². The monoisotopic (exact) mass is 135 g/mol. The molecule has 10 heavy (non-hydrogen) atoms. The molecule has 0 atom stereocenters. The molecule has 5 heteroatoms. The second-order valence-electron chi connectivity index (χ2n) is 1.98. The highest BCUT2D eigenvalue weighted by Crippen LogP contribution is 2.22. The van der Waals surface area contributed by atoms with Gasteiger partial charge in [0.2, 0.25) is 5.95 Å². The van der Waals surface area contributed by atoms with Gasteiger partial charge in [0.15, 0.2) is 5.82 Å². The Bertz CT molecular complexity index is 292. The zero-order valence-corrected chi connectivity index (χ0v) is 5.15. The molecule has 0 unspecified atom stereocenters. The van der Waals surface area contributed by atoms with Crippen molar-refractivity contribution < 1.29 is 0 Å². The van der Waals surface area contributed by atoms with Crippen molar-refractivity contribution in [2.24, 2.45) is 10.2 Å². The maximum absolute atomic E-state index is 5.31. The van der Waals surface area contributed by atoms with Crippen LogP contribution in [0.4, 0.5) is 11.8 Å². The summed E-state index contributed by atoms with van der Waals surface area (Å²) in [6.07, 6.45) is 1.65. The lowest BCUT2D eigenvalue weighted by Gasteiger charge is -1.92. The Labute approximate surface area is 57.0 Å². The molecule has 1 aromatic rings. The van der Waals surface area contributed by atoms with Crippen molar-refractivity contribution in [3.8, 4) is 0 Å². The molecule has 1 aliphatic heterocycles. The molecule has 2 rings (SSSR count). The number of hydrogen-bond donors (Lipinski definition) is 1. The molecule has 1 aromatic heterocycles. The van der Waals surface area contributed by atoms with Gasteiger partial charge in [-0.25, -0.2) is 4.98 Å². The number of aromatic nitrogens is 2. The standard InChI is InChI=1S/C5H5N5/c6-5-7-1-3-2-8-10-4(3)9-5/h1H,2H2,(H2,6,7,9). The fourth-order valence-electron chi connectivity index (χ4n) is 0.788. The third-order valence-corrected chi connectivity index (χ3v) is 1.27. The van der Waals surface area contributed by atoms with Crippen LogP contribution in [0, 0.1) is 0 Å². The van der Waals surface area contributed by atoms with Gasteiger partial charge in [-0.2, -0.15) is 10.1 Å². The Kier molecular flexibility index (Phi) is 0.913. The van der Waals surface area contributed by atoms with E-state index in [9.17, 15) is 0 Å². The van der Waals surface area contributed by atoms with Crippen molar-refractivity contribution in [2.45, 2.75) is 6.54 Å². The summed E-state index contributed by atoms with van der Waals surface area (Å²) in [5.41, 5.74) is 6.25. The van der Waals surface area contributed by atoms with Crippen LogP contribution in [0.25, 0.3) is 0 Å². The Hall–Kier alpha value is -1.52. The molecule has 0 radical (unpaired) electrons. The first-order valence-electron chi connectivity index (χ1n) is 2.85. The number of nitrogen functional groups attached to an aromatic ring is 1. The van der Waals surface area contributed by atoms with E-state index in [-0.39, 0.29) is 5.95 Å². The van der Waals surface area contributed by atoms with Crippen LogP contribution in [0.15, 0.2) is 16.4 Å². The Morgan fingerprint density at radius 2 is 2.40 bits per heavy atom. The minimum absolute atomic E-state index is 0.250. The molecule has 0 saturated carbocycles. The van der Waals surface area contributed by atoms with E-state index >= 15 is 0 Å². The number of rotatable bonds is 0. The van der Waals surface area contributed by atoms with Gasteiger partial charge in [0, 0.05) is 11.8 Å². The quantitative estimate of drug-likeness (QED) is 0.567. The van der Waals surface area contributed by atoms with Crippen LogP contribution in [0.3, 0.4) is 0 Å². The molecule has 0 aliphatic carbocycles. The Morgan fingerprint density at radius 1 is 1.50 bits per heavy atom. The SMILES string of the molecule is Nc1ncc2c(n1)N=NC2. The van der Waals surface area contributed by atoms with Gasteiger partial charge >= 0.3 is 0 Å². The summed E-state index contributed by atoms with van der Waals surface area (Å²) in [6.45, 7) is 0.579. The van der Waals surface area contributed by atoms with Gasteiger partial charge in [-0.3, -0.25) is 0 Å². The third-order valence-electron chi connectivity index (χ3n) is 1.27. The van der Waals surface area contributed by atoms with Gasteiger partial charge < -0.3 is 5.73 Å². The average molecular weight is 135 g/mol. The van der Waals surface area contributed by atoms with Crippen LogP contribution in [-0.4, -0.2) is 9.97 Å². The number of hydrogen-bond acceptors (Lipinski definition) is 5. The maximum atomic E-state index is 5.31. The minimum atomic E-state index is 0.250. The average Bonchev–Trinajstić information content (AvgIpc) is 2.33. The molecule has 1 aliphatic rings. The molecule has 50 valence electrons. The van der Waals surface area contributed by atoms with Crippen LogP contribution in [0.1, 0.15) is 5.56 Å². The van der Waals surface area contributed by atoms with E-state index in [1.807, 2.05) is 0 Å². The molecule has 0 aromatic carbocycles. The summed E-state index contributed by atoms with van der Waals surface area (Å²) in [4.78, 5) is 7.66. The number of anilines is 1. The zero-order chi connectivity index (χ0) is 6.97. The third kappa shape index (κ3) is 0.637. The van der Waals surface area contributed by atoms with E-state index in [4.69, 9.17) is 5.73 Å². The Balaban J connectivity index is 2.60.